The number of hydrogen-bond acceptors (Lipinski definition) is 4. The van der Waals surface area contributed by atoms with Crippen molar-refractivity contribution in [3.05, 3.63) is 70.3 Å². The molecule has 4 aromatic rings. The molecule has 0 atom stereocenters. The highest BCUT2D eigenvalue weighted by Crippen LogP contribution is 2.34. The van der Waals surface area contributed by atoms with E-state index in [2.05, 4.69) is 73.0 Å². The average molecular weight is 421 g/mol. The predicted molar refractivity (Wildman–Crippen MR) is 106 cm³/mol. The van der Waals surface area contributed by atoms with Crippen molar-refractivity contribution in [1.82, 2.24) is 30.0 Å². The number of fused-ring (bicyclic) bond motifs is 3. The molecule has 3 heterocycles. The highest BCUT2D eigenvalue weighted by Gasteiger charge is 2.24. The van der Waals surface area contributed by atoms with Gasteiger partial charge in [-0.3, -0.25) is 4.68 Å². The van der Waals surface area contributed by atoms with Crippen molar-refractivity contribution in [3.63, 3.8) is 0 Å². The summed E-state index contributed by atoms with van der Waals surface area (Å²) in [5.41, 5.74) is 6.37. The fourth-order valence-electron chi connectivity index (χ4n) is 3.56. The number of nitrogens with zero attached hydrogens (tertiary/aromatic N) is 6. The average Bonchev–Trinajstić information content (AvgIpc) is 3.34. The van der Waals surface area contributed by atoms with Crippen LogP contribution in [0.4, 0.5) is 0 Å². The summed E-state index contributed by atoms with van der Waals surface area (Å²) in [7, 11) is 0. The van der Waals surface area contributed by atoms with Crippen LogP contribution in [0.2, 0.25) is 0 Å². The van der Waals surface area contributed by atoms with Crippen molar-refractivity contribution < 1.29 is 0 Å². The van der Waals surface area contributed by atoms with E-state index in [0.717, 1.165) is 47.5 Å². The summed E-state index contributed by atoms with van der Waals surface area (Å²) >= 11 is 3.60. The summed E-state index contributed by atoms with van der Waals surface area (Å²) in [5, 5.41) is 17.4. The largest absolute Gasteiger partial charge is 0.252 e. The van der Waals surface area contributed by atoms with E-state index in [1.54, 1.807) is 0 Å². The molecule has 0 spiro atoms. The lowest BCUT2D eigenvalue weighted by Gasteiger charge is -2.17. The lowest BCUT2D eigenvalue weighted by atomic mass is 9.97. The van der Waals surface area contributed by atoms with Crippen LogP contribution >= 0.6 is 15.9 Å². The summed E-state index contributed by atoms with van der Waals surface area (Å²) in [6.45, 7) is 1.60. The van der Waals surface area contributed by atoms with E-state index in [0.29, 0.717) is 0 Å². The van der Waals surface area contributed by atoms with Crippen LogP contribution in [0.1, 0.15) is 11.1 Å². The van der Waals surface area contributed by atoms with E-state index in [1.807, 2.05) is 27.7 Å². The summed E-state index contributed by atoms with van der Waals surface area (Å²) in [4.78, 5) is 0. The monoisotopic (exact) mass is 420 g/mol. The normalized spacial score (nSPS) is 12.6. The Morgan fingerprint density at radius 3 is 2.74 bits per heavy atom. The smallest absolute Gasteiger partial charge is 0.142 e. The molecule has 6 nitrogen and oxygen atoms in total. The van der Waals surface area contributed by atoms with E-state index in [9.17, 15) is 0 Å². The first-order valence-electron chi connectivity index (χ1n) is 8.95. The predicted octanol–water partition coefficient (Wildman–Crippen LogP) is 3.76. The summed E-state index contributed by atoms with van der Waals surface area (Å²) in [6.07, 6.45) is 3.82. The Morgan fingerprint density at radius 1 is 0.963 bits per heavy atom. The third-order valence-corrected chi connectivity index (χ3v) is 5.72. The molecule has 1 aliphatic heterocycles. The Morgan fingerprint density at radius 2 is 1.81 bits per heavy atom. The second kappa shape index (κ2) is 6.74. The third kappa shape index (κ3) is 2.98. The lowest BCUT2D eigenvalue weighted by molar-refractivity contribution is 0.583. The second-order valence-electron chi connectivity index (χ2n) is 6.63. The minimum absolute atomic E-state index is 0.760. The Bertz CT molecular complexity index is 1110. The van der Waals surface area contributed by atoms with Crippen LogP contribution in [-0.2, 0) is 25.9 Å². The first-order chi connectivity index (χ1) is 13.3. The summed E-state index contributed by atoms with van der Waals surface area (Å²) in [6, 6.07) is 16.7. The van der Waals surface area contributed by atoms with Crippen LogP contribution in [0.5, 0.6) is 0 Å². The quantitative estimate of drug-likeness (QED) is 0.504. The zero-order valence-corrected chi connectivity index (χ0v) is 16.2. The molecule has 0 aliphatic carbocycles. The minimum Gasteiger partial charge on any atom is -0.252 e. The maximum absolute atomic E-state index is 4.40. The Balaban J connectivity index is 1.43. The lowest BCUT2D eigenvalue weighted by Crippen LogP contribution is -2.12. The van der Waals surface area contributed by atoms with Crippen molar-refractivity contribution in [1.29, 1.82) is 0 Å². The molecule has 134 valence electrons. The van der Waals surface area contributed by atoms with Gasteiger partial charge in [-0.25, -0.2) is 4.68 Å². The van der Waals surface area contributed by atoms with Gasteiger partial charge in [0.15, 0.2) is 0 Å². The van der Waals surface area contributed by atoms with E-state index in [-0.39, 0.29) is 0 Å². The SMILES string of the molecule is Brc1ccccc1CCn1cc(-c2nnn3c2-c2ccccc2CC3)nn1. The number of aryl methyl sites for hydroxylation is 4. The second-order valence-corrected chi connectivity index (χ2v) is 7.48. The Labute approximate surface area is 165 Å². The minimum atomic E-state index is 0.760. The van der Waals surface area contributed by atoms with Crippen molar-refractivity contribution >= 4 is 15.9 Å². The molecule has 0 saturated heterocycles. The van der Waals surface area contributed by atoms with Gasteiger partial charge in [-0.2, -0.15) is 0 Å². The number of rotatable bonds is 4. The first kappa shape index (κ1) is 16.4. The van der Waals surface area contributed by atoms with Crippen LogP contribution in [-0.4, -0.2) is 30.0 Å². The maximum Gasteiger partial charge on any atom is 0.142 e. The molecule has 5 rings (SSSR count). The van der Waals surface area contributed by atoms with Crippen LogP contribution in [0.15, 0.2) is 59.2 Å². The van der Waals surface area contributed by atoms with Crippen molar-refractivity contribution in [2.24, 2.45) is 0 Å². The van der Waals surface area contributed by atoms with Gasteiger partial charge in [0.2, 0.25) is 0 Å². The summed E-state index contributed by atoms with van der Waals surface area (Å²) < 4.78 is 4.96. The molecule has 27 heavy (non-hydrogen) atoms. The number of aromatic nitrogens is 6. The molecule has 0 saturated carbocycles. The molecule has 0 bridgehead atoms. The molecule has 7 heteroatoms. The Kier molecular flexibility index (Phi) is 4.09. The number of hydrogen-bond donors (Lipinski definition) is 0. The molecule has 2 aromatic carbocycles. The number of benzene rings is 2. The molecule has 2 aromatic heterocycles. The van der Waals surface area contributed by atoms with E-state index >= 15 is 0 Å². The molecule has 0 N–H and O–H groups in total. The first-order valence-corrected chi connectivity index (χ1v) is 9.74. The van der Waals surface area contributed by atoms with Crippen molar-refractivity contribution in [2.75, 3.05) is 0 Å². The Hall–Kier alpha value is -2.80. The van der Waals surface area contributed by atoms with Gasteiger partial charge >= 0.3 is 0 Å². The number of halogens is 1. The van der Waals surface area contributed by atoms with Crippen LogP contribution in [0, 0.1) is 0 Å². The van der Waals surface area contributed by atoms with Gasteiger partial charge in [0.1, 0.15) is 11.4 Å². The van der Waals surface area contributed by atoms with Gasteiger partial charge in [0.25, 0.3) is 0 Å². The van der Waals surface area contributed by atoms with Crippen LogP contribution in [0.3, 0.4) is 0 Å². The fraction of sp³-hybridized carbons (Fsp3) is 0.200. The van der Waals surface area contributed by atoms with Crippen molar-refractivity contribution in [3.8, 4) is 22.6 Å². The van der Waals surface area contributed by atoms with E-state index in [1.165, 1.54) is 16.7 Å². The van der Waals surface area contributed by atoms with Gasteiger partial charge in [0.05, 0.1) is 11.9 Å². The molecule has 0 fully saturated rings. The third-order valence-electron chi connectivity index (χ3n) is 4.95. The molecule has 0 amide bonds. The van der Waals surface area contributed by atoms with Crippen LogP contribution in [0.25, 0.3) is 22.6 Å². The molecule has 0 radical (unpaired) electrons. The molecular weight excluding hydrogens is 404 g/mol. The molecule has 0 unspecified atom stereocenters. The zero-order valence-electron chi connectivity index (χ0n) is 14.6. The van der Waals surface area contributed by atoms with E-state index < -0.39 is 0 Å². The van der Waals surface area contributed by atoms with Gasteiger partial charge in [-0.05, 0) is 30.0 Å². The highest BCUT2D eigenvalue weighted by atomic mass is 79.9. The topological polar surface area (TPSA) is 61.4 Å². The van der Waals surface area contributed by atoms with Gasteiger partial charge in [-0.1, -0.05) is 68.8 Å². The maximum atomic E-state index is 4.40. The van der Waals surface area contributed by atoms with Crippen molar-refractivity contribution in [2.45, 2.75) is 25.9 Å². The van der Waals surface area contributed by atoms with Gasteiger partial charge in [-0.15, -0.1) is 10.2 Å². The van der Waals surface area contributed by atoms with Gasteiger partial charge < -0.3 is 0 Å². The fourth-order valence-corrected chi connectivity index (χ4v) is 4.04. The standard InChI is InChI=1S/C20H17BrN6/c21-17-8-4-2-6-15(17)9-11-26-13-18(22-24-26)19-20-16-7-3-1-5-14(16)10-12-27(20)25-23-19/h1-8,13H,9-12H2. The molecular formula is C20H17BrN6. The van der Waals surface area contributed by atoms with Gasteiger partial charge in [0, 0.05) is 23.1 Å². The van der Waals surface area contributed by atoms with E-state index in [4.69, 9.17) is 0 Å². The van der Waals surface area contributed by atoms with Crippen LogP contribution < -0.4 is 0 Å². The molecule has 1 aliphatic rings. The highest BCUT2D eigenvalue weighted by molar-refractivity contribution is 9.10. The summed E-state index contributed by atoms with van der Waals surface area (Å²) in [5.74, 6) is 0. The zero-order chi connectivity index (χ0) is 18.2.